The summed E-state index contributed by atoms with van der Waals surface area (Å²) in [6, 6.07) is 9.68. The molecule has 0 heterocycles. The second kappa shape index (κ2) is 6.13. The van der Waals surface area contributed by atoms with Gasteiger partial charge in [-0.15, -0.1) is 0 Å². The van der Waals surface area contributed by atoms with Crippen molar-refractivity contribution in [2.45, 2.75) is 18.9 Å². The Labute approximate surface area is 96.9 Å². The first-order chi connectivity index (χ1) is 7.64. The Morgan fingerprint density at radius 1 is 1.19 bits per heavy atom. The highest BCUT2D eigenvalue weighted by Gasteiger charge is 2.14. The number of para-hydroxylation sites is 1. The molecule has 0 spiro atoms. The van der Waals surface area contributed by atoms with Gasteiger partial charge in [0.15, 0.2) is 0 Å². The molecule has 0 saturated carbocycles. The molecular formula is C14H18O2. The first kappa shape index (κ1) is 12.5. The Bertz CT molecular complexity index is 350. The van der Waals surface area contributed by atoms with Gasteiger partial charge in [-0.05, 0) is 25.5 Å². The van der Waals surface area contributed by atoms with Gasteiger partial charge in [-0.1, -0.05) is 42.5 Å². The molecule has 0 saturated heterocycles. The fraction of sp³-hybridized carbons (Fsp3) is 0.286. The van der Waals surface area contributed by atoms with E-state index in [1.807, 2.05) is 48.6 Å². The molecule has 0 aliphatic heterocycles. The van der Waals surface area contributed by atoms with E-state index >= 15 is 0 Å². The van der Waals surface area contributed by atoms with E-state index in [1.165, 1.54) is 0 Å². The third-order valence-corrected chi connectivity index (χ3v) is 2.21. The molecule has 2 nitrogen and oxygen atoms in total. The first-order valence-electron chi connectivity index (χ1n) is 5.30. The van der Waals surface area contributed by atoms with Gasteiger partial charge in [-0.2, -0.15) is 0 Å². The average molecular weight is 218 g/mol. The highest BCUT2D eigenvalue weighted by atomic mass is 16.5. The van der Waals surface area contributed by atoms with E-state index in [0.29, 0.717) is 0 Å². The van der Waals surface area contributed by atoms with Gasteiger partial charge in [-0.3, -0.25) is 0 Å². The van der Waals surface area contributed by atoms with Crippen LogP contribution in [0.2, 0.25) is 0 Å². The number of methoxy groups -OCH3 is 1. The van der Waals surface area contributed by atoms with Crippen LogP contribution in [0.1, 0.15) is 13.3 Å². The SMILES string of the molecule is CC1(O)C=CC=CC1.COc1ccccc1. The lowest BCUT2D eigenvalue weighted by Crippen LogP contribution is -2.20. The standard InChI is InChI=1S/C7H8O.C7H10O/c1-8-7-5-3-2-4-6-7;1-7(8)5-3-2-4-6-7/h2-6H,1H3;2-5,8H,6H2,1H3. The molecule has 1 aromatic carbocycles. The molecular weight excluding hydrogens is 200 g/mol. The van der Waals surface area contributed by atoms with Gasteiger partial charge >= 0.3 is 0 Å². The zero-order chi connectivity index (χ0) is 11.9. The molecule has 0 fully saturated rings. The van der Waals surface area contributed by atoms with E-state index in [4.69, 9.17) is 4.74 Å². The van der Waals surface area contributed by atoms with Gasteiger partial charge in [0.25, 0.3) is 0 Å². The molecule has 86 valence electrons. The lowest BCUT2D eigenvalue weighted by molar-refractivity contribution is 0.114. The summed E-state index contributed by atoms with van der Waals surface area (Å²) in [6.45, 7) is 1.80. The summed E-state index contributed by atoms with van der Waals surface area (Å²) in [6.07, 6.45) is 8.30. The Kier molecular flexibility index (Phi) is 4.80. The van der Waals surface area contributed by atoms with Gasteiger partial charge in [0.05, 0.1) is 12.7 Å². The zero-order valence-electron chi connectivity index (χ0n) is 9.76. The van der Waals surface area contributed by atoms with Crippen LogP contribution in [0.3, 0.4) is 0 Å². The van der Waals surface area contributed by atoms with Gasteiger partial charge in [0.2, 0.25) is 0 Å². The Morgan fingerprint density at radius 3 is 2.19 bits per heavy atom. The molecule has 0 radical (unpaired) electrons. The molecule has 1 N–H and O–H groups in total. The van der Waals surface area contributed by atoms with Crippen LogP contribution < -0.4 is 4.74 Å². The average Bonchev–Trinajstić information content (AvgIpc) is 2.31. The van der Waals surface area contributed by atoms with E-state index < -0.39 is 5.60 Å². The number of aliphatic hydroxyl groups is 1. The highest BCUT2D eigenvalue weighted by Crippen LogP contribution is 2.14. The maximum Gasteiger partial charge on any atom is 0.118 e. The minimum Gasteiger partial charge on any atom is -0.497 e. The van der Waals surface area contributed by atoms with E-state index in [9.17, 15) is 5.11 Å². The van der Waals surface area contributed by atoms with Crippen LogP contribution in [-0.2, 0) is 0 Å². The number of hydrogen-bond donors (Lipinski definition) is 1. The Balaban J connectivity index is 0.000000160. The fourth-order valence-corrected chi connectivity index (χ4v) is 1.27. The minimum absolute atomic E-state index is 0.589. The maximum absolute atomic E-state index is 9.24. The molecule has 1 atom stereocenters. The summed E-state index contributed by atoms with van der Waals surface area (Å²) in [7, 11) is 1.66. The summed E-state index contributed by atoms with van der Waals surface area (Å²) in [5, 5.41) is 9.24. The smallest absolute Gasteiger partial charge is 0.118 e. The molecule has 1 unspecified atom stereocenters. The normalized spacial score (nSPS) is 22.2. The Hall–Kier alpha value is -1.54. The molecule has 16 heavy (non-hydrogen) atoms. The fourth-order valence-electron chi connectivity index (χ4n) is 1.27. The second-order valence-corrected chi connectivity index (χ2v) is 3.87. The van der Waals surface area contributed by atoms with Crippen LogP contribution >= 0.6 is 0 Å². The summed E-state index contributed by atoms with van der Waals surface area (Å²) in [4.78, 5) is 0. The molecule has 2 heteroatoms. The van der Waals surface area contributed by atoms with Crippen LogP contribution in [0.15, 0.2) is 54.6 Å². The van der Waals surface area contributed by atoms with E-state index in [2.05, 4.69) is 0 Å². The van der Waals surface area contributed by atoms with E-state index in [-0.39, 0.29) is 0 Å². The van der Waals surface area contributed by atoms with Crippen molar-refractivity contribution in [2.24, 2.45) is 0 Å². The number of allylic oxidation sites excluding steroid dienone is 2. The quantitative estimate of drug-likeness (QED) is 0.785. The summed E-state index contributed by atoms with van der Waals surface area (Å²) < 4.78 is 4.91. The predicted molar refractivity (Wildman–Crippen MR) is 66.5 cm³/mol. The molecule has 1 aliphatic rings. The van der Waals surface area contributed by atoms with Crippen molar-refractivity contribution >= 4 is 0 Å². The second-order valence-electron chi connectivity index (χ2n) is 3.87. The van der Waals surface area contributed by atoms with Crippen LogP contribution in [0.4, 0.5) is 0 Å². The molecule has 0 bridgehead atoms. The van der Waals surface area contributed by atoms with Crippen LogP contribution in [-0.4, -0.2) is 17.8 Å². The van der Waals surface area contributed by atoms with Crippen molar-refractivity contribution in [3.8, 4) is 5.75 Å². The van der Waals surface area contributed by atoms with Crippen molar-refractivity contribution in [2.75, 3.05) is 7.11 Å². The molecule has 2 rings (SSSR count). The number of ether oxygens (including phenoxy) is 1. The third-order valence-electron chi connectivity index (χ3n) is 2.21. The highest BCUT2D eigenvalue weighted by molar-refractivity contribution is 5.20. The summed E-state index contributed by atoms with van der Waals surface area (Å²) >= 11 is 0. The number of benzene rings is 1. The first-order valence-corrected chi connectivity index (χ1v) is 5.30. The van der Waals surface area contributed by atoms with Crippen molar-refractivity contribution in [1.82, 2.24) is 0 Å². The largest absolute Gasteiger partial charge is 0.497 e. The van der Waals surface area contributed by atoms with Crippen molar-refractivity contribution < 1.29 is 9.84 Å². The van der Waals surface area contributed by atoms with Gasteiger partial charge in [0.1, 0.15) is 5.75 Å². The monoisotopic (exact) mass is 218 g/mol. The molecule has 0 aromatic heterocycles. The number of hydrogen-bond acceptors (Lipinski definition) is 2. The van der Waals surface area contributed by atoms with Gasteiger partial charge < -0.3 is 9.84 Å². The topological polar surface area (TPSA) is 29.5 Å². The summed E-state index contributed by atoms with van der Waals surface area (Å²) in [5.41, 5.74) is -0.589. The molecule has 1 aromatic rings. The Morgan fingerprint density at radius 2 is 1.88 bits per heavy atom. The predicted octanol–water partition coefficient (Wildman–Crippen LogP) is 2.95. The molecule has 1 aliphatic carbocycles. The number of rotatable bonds is 1. The van der Waals surface area contributed by atoms with Gasteiger partial charge in [0, 0.05) is 0 Å². The van der Waals surface area contributed by atoms with E-state index in [1.54, 1.807) is 20.1 Å². The molecule has 0 amide bonds. The maximum atomic E-state index is 9.24. The van der Waals surface area contributed by atoms with Crippen LogP contribution in [0.5, 0.6) is 5.75 Å². The van der Waals surface area contributed by atoms with Crippen LogP contribution in [0.25, 0.3) is 0 Å². The van der Waals surface area contributed by atoms with Crippen molar-refractivity contribution in [3.63, 3.8) is 0 Å². The van der Waals surface area contributed by atoms with Crippen molar-refractivity contribution in [3.05, 3.63) is 54.6 Å². The van der Waals surface area contributed by atoms with Gasteiger partial charge in [-0.25, -0.2) is 0 Å². The van der Waals surface area contributed by atoms with Crippen LogP contribution in [0, 0.1) is 0 Å². The third kappa shape index (κ3) is 4.80. The van der Waals surface area contributed by atoms with E-state index in [0.717, 1.165) is 12.2 Å². The lowest BCUT2D eigenvalue weighted by atomic mass is 9.98. The summed E-state index contributed by atoms with van der Waals surface area (Å²) in [5.74, 6) is 0.910. The van der Waals surface area contributed by atoms with Crippen molar-refractivity contribution in [1.29, 1.82) is 0 Å². The zero-order valence-corrected chi connectivity index (χ0v) is 9.76. The minimum atomic E-state index is -0.589. The lowest BCUT2D eigenvalue weighted by Gasteiger charge is -2.17.